The first-order valence-corrected chi connectivity index (χ1v) is 6.08. The molecule has 2 aromatic rings. The maximum absolute atomic E-state index is 5.46. The van der Waals surface area contributed by atoms with E-state index in [1.54, 1.807) is 6.26 Å². The summed E-state index contributed by atoms with van der Waals surface area (Å²) < 4.78 is 7.71. The van der Waals surface area contributed by atoms with Crippen molar-refractivity contribution in [2.45, 2.75) is 25.3 Å². The number of aromatic nitrogens is 2. The molecule has 1 aliphatic rings. The molecule has 1 aliphatic heterocycles. The lowest BCUT2D eigenvalue weighted by atomic mass is 9.90. The average Bonchev–Trinajstić information content (AvgIpc) is 3.01. The molecule has 4 nitrogen and oxygen atoms in total. The smallest absolute Gasteiger partial charge is 0.176 e. The Labute approximate surface area is 101 Å². The van der Waals surface area contributed by atoms with Gasteiger partial charge in [-0.05, 0) is 45.0 Å². The molecule has 3 rings (SSSR count). The third kappa shape index (κ3) is 1.78. The van der Waals surface area contributed by atoms with Crippen LogP contribution in [0.2, 0.25) is 0 Å². The molecular weight excluding hydrogens is 214 g/mol. The monoisotopic (exact) mass is 231 g/mol. The summed E-state index contributed by atoms with van der Waals surface area (Å²) in [6.07, 6.45) is 7.85. The number of rotatable bonds is 2. The van der Waals surface area contributed by atoms with Crippen LogP contribution in [0.1, 0.15) is 19.8 Å². The molecule has 0 amide bonds. The minimum atomic E-state index is 0.143. The predicted octanol–water partition coefficient (Wildman–Crippen LogP) is 2.24. The lowest BCUT2D eigenvalue weighted by Crippen LogP contribution is -2.41. The zero-order valence-corrected chi connectivity index (χ0v) is 10.0. The SMILES string of the molecule is CC1(n2ccnc2-c2ccco2)CCNCC1. The van der Waals surface area contributed by atoms with Gasteiger partial charge in [-0.15, -0.1) is 0 Å². The molecule has 2 aromatic heterocycles. The van der Waals surface area contributed by atoms with Gasteiger partial charge < -0.3 is 14.3 Å². The van der Waals surface area contributed by atoms with E-state index in [4.69, 9.17) is 4.42 Å². The number of nitrogens with zero attached hydrogens (tertiary/aromatic N) is 2. The van der Waals surface area contributed by atoms with Crippen molar-refractivity contribution in [3.63, 3.8) is 0 Å². The molecule has 17 heavy (non-hydrogen) atoms. The molecule has 1 saturated heterocycles. The van der Waals surface area contributed by atoms with Gasteiger partial charge in [0.05, 0.1) is 6.26 Å². The first-order chi connectivity index (χ1) is 8.30. The summed E-state index contributed by atoms with van der Waals surface area (Å²) in [4.78, 5) is 4.43. The van der Waals surface area contributed by atoms with Crippen molar-refractivity contribution in [1.29, 1.82) is 0 Å². The first-order valence-electron chi connectivity index (χ1n) is 6.08. The molecule has 0 atom stereocenters. The topological polar surface area (TPSA) is 43.0 Å². The molecule has 0 spiro atoms. The van der Waals surface area contributed by atoms with Gasteiger partial charge in [0.25, 0.3) is 0 Å². The van der Waals surface area contributed by atoms with E-state index in [-0.39, 0.29) is 5.54 Å². The number of piperidine rings is 1. The van der Waals surface area contributed by atoms with Crippen LogP contribution in [0, 0.1) is 0 Å². The Bertz CT molecular complexity index is 480. The van der Waals surface area contributed by atoms with Crippen LogP contribution in [-0.2, 0) is 5.54 Å². The maximum Gasteiger partial charge on any atom is 0.176 e. The van der Waals surface area contributed by atoms with E-state index < -0.39 is 0 Å². The lowest BCUT2D eigenvalue weighted by molar-refractivity contribution is 0.232. The van der Waals surface area contributed by atoms with Crippen molar-refractivity contribution < 1.29 is 4.42 Å². The normalized spacial score (nSPS) is 19.4. The minimum absolute atomic E-state index is 0.143. The Morgan fingerprint density at radius 3 is 2.94 bits per heavy atom. The predicted molar refractivity (Wildman–Crippen MR) is 65.7 cm³/mol. The van der Waals surface area contributed by atoms with Crippen molar-refractivity contribution in [3.8, 4) is 11.6 Å². The Morgan fingerprint density at radius 2 is 2.24 bits per heavy atom. The van der Waals surface area contributed by atoms with Crippen molar-refractivity contribution in [2.24, 2.45) is 0 Å². The molecule has 0 radical (unpaired) electrons. The fourth-order valence-electron chi connectivity index (χ4n) is 2.53. The molecular formula is C13H17N3O. The average molecular weight is 231 g/mol. The van der Waals surface area contributed by atoms with Crippen LogP contribution in [0.5, 0.6) is 0 Å². The van der Waals surface area contributed by atoms with Gasteiger partial charge in [-0.1, -0.05) is 0 Å². The largest absolute Gasteiger partial charge is 0.461 e. The lowest BCUT2D eigenvalue weighted by Gasteiger charge is -2.36. The van der Waals surface area contributed by atoms with Crippen molar-refractivity contribution >= 4 is 0 Å². The fraction of sp³-hybridized carbons (Fsp3) is 0.462. The quantitative estimate of drug-likeness (QED) is 0.862. The molecule has 0 aliphatic carbocycles. The summed E-state index contributed by atoms with van der Waals surface area (Å²) in [5.74, 6) is 1.77. The number of hydrogen-bond acceptors (Lipinski definition) is 3. The van der Waals surface area contributed by atoms with Crippen molar-refractivity contribution in [1.82, 2.24) is 14.9 Å². The highest BCUT2D eigenvalue weighted by atomic mass is 16.3. The Morgan fingerprint density at radius 1 is 1.41 bits per heavy atom. The van der Waals surface area contributed by atoms with Gasteiger partial charge >= 0.3 is 0 Å². The summed E-state index contributed by atoms with van der Waals surface area (Å²) in [5.41, 5.74) is 0.143. The molecule has 0 unspecified atom stereocenters. The molecule has 4 heteroatoms. The van der Waals surface area contributed by atoms with Gasteiger partial charge in [0.2, 0.25) is 0 Å². The molecule has 1 fully saturated rings. The summed E-state index contributed by atoms with van der Waals surface area (Å²) >= 11 is 0. The highest BCUT2D eigenvalue weighted by Gasteiger charge is 2.30. The second-order valence-corrected chi connectivity index (χ2v) is 4.85. The third-order valence-electron chi connectivity index (χ3n) is 3.64. The molecule has 90 valence electrons. The molecule has 0 bridgehead atoms. The van der Waals surface area contributed by atoms with Crippen molar-refractivity contribution in [2.75, 3.05) is 13.1 Å². The van der Waals surface area contributed by atoms with Crippen LogP contribution in [0.25, 0.3) is 11.6 Å². The highest BCUT2D eigenvalue weighted by molar-refractivity contribution is 5.47. The van der Waals surface area contributed by atoms with Gasteiger partial charge in [-0.2, -0.15) is 0 Å². The van der Waals surface area contributed by atoms with Crippen LogP contribution < -0.4 is 5.32 Å². The fourth-order valence-corrected chi connectivity index (χ4v) is 2.53. The second kappa shape index (κ2) is 4.04. The summed E-state index contributed by atoms with van der Waals surface area (Å²) in [6, 6.07) is 3.86. The van der Waals surface area contributed by atoms with E-state index >= 15 is 0 Å². The Balaban J connectivity index is 2.01. The summed E-state index contributed by atoms with van der Waals surface area (Å²) in [5, 5.41) is 3.40. The standard InChI is InChI=1S/C13H17N3O/c1-13(4-6-14-7-5-13)16-9-8-15-12(16)11-3-2-10-17-11/h2-3,8-10,14H,4-7H2,1H3. The summed E-state index contributed by atoms with van der Waals surface area (Å²) in [6.45, 7) is 4.42. The van der Waals surface area contributed by atoms with E-state index in [1.165, 1.54) is 0 Å². The van der Waals surface area contributed by atoms with Crippen molar-refractivity contribution in [3.05, 3.63) is 30.8 Å². The summed E-state index contributed by atoms with van der Waals surface area (Å²) in [7, 11) is 0. The Kier molecular flexibility index (Phi) is 2.52. The van der Waals surface area contributed by atoms with Crippen LogP contribution >= 0.6 is 0 Å². The number of hydrogen-bond donors (Lipinski definition) is 1. The minimum Gasteiger partial charge on any atom is -0.461 e. The molecule has 0 saturated carbocycles. The van der Waals surface area contributed by atoms with Crippen LogP contribution in [0.3, 0.4) is 0 Å². The second-order valence-electron chi connectivity index (χ2n) is 4.85. The Hall–Kier alpha value is -1.55. The van der Waals surface area contributed by atoms with Crippen LogP contribution in [0.15, 0.2) is 35.2 Å². The third-order valence-corrected chi connectivity index (χ3v) is 3.64. The molecule has 3 heterocycles. The molecule has 1 N–H and O–H groups in total. The van der Waals surface area contributed by atoms with Gasteiger partial charge in [-0.3, -0.25) is 0 Å². The van der Waals surface area contributed by atoms with Gasteiger partial charge in [0.1, 0.15) is 0 Å². The van der Waals surface area contributed by atoms with Gasteiger partial charge in [0, 0.05) is 17.9 Å². The van der Waals surface area contributed by atoms with Gasteiger partial charge in [-0.25, -0.2) is 4.98 Å². The van der Waals surface area contributed by atoms with E-state index in [0.29, 0.717) is 0 Å². The number of furan rings is 1. The highest BCUT2D eigenvalue weighted by Crippen LogP contribution is 2.31. The first kappa shape index (κ1) is 10.6. The molecule has 0 aromatic carbocycles. The number of nitrogens with one attached hydrogen (secondary N) is 1. The number of imidazole rings is 1. The van der Waals surface area contributed by atoms with Gasteiger partial charge in [0.15, 0.2) is 11.6 Å². The van der Waals surface area contributed by atoms with E-state index in [0.717, 1.165) is 37.5 Å². The van der Waals surface area contributed by atoms with Crippen LogP contribution in [-0.4, -0.2) is 22.6 Å². The zero-order valence-electron chi connectivity index (χ0n) is 10.0. The zero-order chi connectivity index (χ0) is 11.7. The maximum atomic E-state index is 5.46. The van der Waals surface area contributed by atoms with E-state index in [9.17, 15) is 0 Å². The van der Waals surface area contributed by atoms with Crippen LogP contribution in [0.4, 0.5) is 0 Å². The van der Waals surface area contributed by atoms with E-state index in [1.807, 2.05) is 18.3 Å². The van der Waals surface area contributed by atoms with E-state index in [2.05, 4.69) is 28.0 Å².